The normalized spacial score (nSPS) is 24.2. The molecule has 9 heterocycles. The number of hydrogen-bond acceptors (Lipinski definition) is 10. The fourth-order valence-corrected chi connectivity index (χ4v) is 8.79. The topological polar surface area (TPSA) is 176 Å². The second-order valence-corrected chi connectivity index (χ2v) is 15.4. The number of hydrogen-bond donors (Lipinski definition) is 2. The fourth-order valence-electron chi connectivity index (χ4n) is 8.79. The summed E-state index contributed by atoms with van der Waals surface area (Å²) in [5.74, 6) is 2.70. The second-order valence-electron chi connectivity index (χ2n) is 15.4. The van der Waals surface area contributed by atoms with Gasteiger partial charge in [0, 0.05) is 57.5 Å². The molecule has 0 aliphatic carbocycles. The number of epoxide rings is 1. The Morgan fingerprint density at radius 2 is 1.43 bits per heavy atom. The largest absolute Gasteiger partial charge is 0.390 e. The van der Waals surface area contributed by atoms with E-state index in [1.165, 1.54) is 38.9 Å². The van der Waals surface area contributed by atoms with E-state index in [-0.39, 0.29) is 35.8 Å². The van der Waals surface area contributed by atoms with E-state index < -0.39 is 6.10 Å². The number of aromatic amines is 1. The zero-order valence-corrected chi connectivity index (χ0v) is 30.9. The molecule has 0 amide bonds. The lowest BCUT2D eigenvalue weighted by atomic mass is 9.98. The first kappa shape index (κ1) is 35.9. The van der Waals surface area contributed by atoms with Gasteiger partial charge in [-0.2, -0.15) is 15.3 Å². The Hall–Kier alpha value is -4.12. The Labute approximate surface area is 307 Å². The third kappa shape index (κ3) is 7.77. The van der Waals surface area contributed by atoms with Crippen molar-refractivity contribution < 1.29 is 14.6 Å². The number of nitrogens with zero attached hydrogens (tertiary/aromatic N) is 9. The molecular formula is C37H52N10O6. The lowest BCUT2D eigenvalue weighted by Gasteiger charge is -2.39. The van der Waals surface area contributed by atoms with Crippen molar-refractivity contribution in [3.05, 3.63) is 83.8 Å². The van der Waals surface area contributed by atoms with E-state index in [9.17, 15) is 19.5 Å². The smallest absolute Gasteiger partial charge is 0.346 e. The van der Waals surface area contributed by atoms with Crippen LogP contribution >= 0.6 is 0 Å². The number of aryl methyl sites for hydroxylation is 5. The van der Waals surface area contributed by atoms with E-state index in [1.54, 1.807) is 13.7 Å². The van der Waals surface area contributed by atoms with Crippen LogP contribution in [-0.4, -0.2) is 97.0 Å². The van der Waals surface area contributed by atoms with Gasteiger partial charge in [0.2, 0.25) is 0 Å². The molecule has 0 radical (unpaired) electrons. The molecule has 4 aromatic rings. The third-order valence-corrected chi connectivity index (χ3v) is 11.7. The minimum absolute atomic E-state index is 0.0306. The number of fused-ring (bicyclic) bond motifs is 5. The van der Waals surface area contributed by atoms with Crippen LogP contribution in [0.4, 0.5) is 0 Å². The highest BCUT2D eigenvalue weighted by Gasteiger charge is 2.42. The van der Waals surface area contributed by atoms with Crippen molar-refractivity contribution in [2.45, 2.75) is 148 Å². The predicted molar refractivity (Wildman–Crippen MR) is 194 cm³/mol. The van der Waals surface area contributed by atoms with Crippen LogP contribution < -0.4 is 17.1 Å². The van der Waals surface area contributed by atoms with Gasteiger partial charge in [-0.15, -0.1) is 0 Å². The molecule has 4 atom stereocenters. The van der Waals surface area contributed by atoms with Crippen LogP contribution in [0.15, 0.2) is 32.6 Å². The first-order valence-corrected chi connectivity index (χ1v) is 19.4. The van der Waals surface area contributed by atoms with E-state index in [0.717, 1.165) is 95.1 Å². The highest BCUT2D eigenvalue weighted by atomic mass is 16.6. The number of H-pyrrole nitrogens is 1. The van der Waals surface area contributed by atoms with Crippen molar-refractivity contribution in [3.8, 4) is 0 Å². The van der Waals surface area contributed by atoms with Crippen LogP contribution in [0.25, 0.3) is 0 Å². The summed E-state index contributed by atoms with van der Waals surface area (Å²) in [5.41, 5.74) is 3.79. The number of aliphatic hydroxyl groups is 1. The summed E-state index contributed by atoms with van der Waals surface area (Å²) in [7, 11) is 0. The van der Waals surface area contributed by atoms with Gasteiger partial charge in [0.05, 0.1) is 38.5 Å². The Balaban J connectivity index is 0.000000146. The quantitative estimate of drug-likeness (QED) is 0.237. The van der Waals surface area contributed by atoms with Crippen LogP contribution in [0.5, 0.6) is 0 Å². The maximum absolute atomic E-state index is 12.4. The second kappa shape index (κ2) is 15.3. The Morgan fingerprint density at radius 3 is 2.04 bits per heavy atom. The van der Waals surface area contributed by atoms with Crippen molar-refractivity contribution in [1.82, 2.24) is 48.4 Å². The molecule has 2 bridgehead atoms. The van der Waals surface area contributed by atoms with Gasteiger partial charge >= 0.3 is 17.1 Å². The summed E-state index contributed by atoms with van der Waals surface area (Å²) in [5, 5.41) is 25.6. The highest BCUT2D eigenvalue weighted by Crippen LogP contribution is 2.37. The SMILES string of the molecule is Cc1cccc(C)c1COC1CC2CCC(C1)N2CC(O)Cn1nc2n(c1=O)CCC2.O=c1[nH]nc2n1CCC2.O=c1n(CC2CO2)nc2n1CCC2. The van der Waals surface area contributed by atoms with E-state index in [2.05, 4.69) is 57.3 Å². The molecular weight excluding hydrogens is 680 g/mol. The Kier molecular flexibility index (Phi) is 10.4. The zero-order chi connectivity index (χ0) is 36.6. The number of piperidine rings is 1. The lowest BCUT2D eigenvalue weighted by molar-refractivity contribution is -0.0405. The molecule has 3 aromatic heterocycles. The zero-order valence-electron chi connectivity index (χ0n) is 30.9. The molecule has 0 saturated carbocycles. The summed E-state index contributed by atoms with van der Waals surface area (Å²) >= 11 is 0. The van der Waals surface area contributed by atoms with Gasteiger partial charge in [-0.25, -0.2) is 28.8 Å². The molecule has 3 fully saturated rings. The van der Waals surface area contributed by atoms with Gasteiger partial charge in [0.15, 0.2) is 0 Å². The van der Waals surface area contributed by atoms with Gasteiger partial charge < -0.3 is 14.6 Å². The first-order valence-electron chi connectivity index (χ1n) is 19.4. The van der Waals surface area contributed by atoms with Crippen LogP contribution in [0.3, 0.4) is 0 Å². The minimum atomic E-state index is -0.580. The molecule has 6 aliphatic heterocycles. The molecule has 0 spiro atoms. The van der Waals surface area contributed by atoms with E-state index in [4.69, 9.17) is 9.47 Å². The average molecular weight is 733 g/mol. The summed E-state index contributed by atoms with van der Waals surface area (Å²) in [6.45, 7) is 9.69. The van der Waals surface area contributed by atoms with Gasteiger partial charge in [-0.05, 0) is 75.5 Å². The summed E-state index contributed by atoms with van der Waals surface area (Å²) < 4.78 is 19.6. The number of nitrogens with one attached hydrogen (secondary N) is 1. The molecule has 16 nitrogen and oxygen atoms in total. The molecule has 4 unspecified atom stereocenters. The molecule has 6 aliphatic rings. The predicted octanol–water partition coefficient (Wildman–Crippen LogP) is 1.09. The molecule has 3 saturated heterocycles. The van der Waals surface area contributed by atoms with Crippen LogP contribution in [0.1, 0.15) is 79.1 Å². The van der Waals surface area contributed by atoms with Gasteiger partial charge in [0.1, 0.15) is 23.6 Å². The van der Waals surface area contributed by atoms with E-state index in [1.807, 2.05) is 0 Å². The van der Waals surface area contributed by atoms with Crippen molar-refractivity contribution in [2.24, 2.45) is 0 Å². The van der Waals surface area contributed by atoms with Gasteiger partial charge in [-0.3, -0.25) is 18.6 Å². The van der Waals surface area contributed by atoms with E-state index in [0.29, 0.717) is 31.8 Å². The van der Waals surface area contributed by atoms with Gasteiger partial charge in [-0.1, -0.05) is 18.2 Å². The molecule has 16 heteroatoms. The monoisotopic (exact) mass is 732 g/mol. The standard InChI is InChI=1S/C24H34N4O3.C8H11N3O2.C5H7N3O/c1-16-5-3-6-17(2)22(16)15-31-21-11-18-8-9-19(12-21)27(18)13-20(29)14-28-24(30)26-10-4-7-23(26)25-28;12-8-10-3-1-2-7(10)9-11(8)4-6-5-13-6;9-5-7-6-4-2-1-3-8(4)5/h3,5-6,18-21,29H,4,7-15H2,1-2H3;6H,1-5H2;1-3H2,(H,7,9). The summed E-state index contributed by atoms with van der Waals surface area (Å²) in [6, 6.07) is 7.32. The highest BCUT2D eigenvalue weighted by molar-refractivity contribution is 5.32. The molecule has 53 heavy (non-hydrogen) atoms. The van der Waals surface area contributed by atoms with Crippen molar-refractivity contribution in [2.75, 3.05) is 13.2 Å². The maximum Gasteiger partial charge on any atom is 0.346 e. The number of rotatable bonds is 9. The van der Waals surface area contributed by atoms with Gasteiger partial charge in [0.25, 0.3) is 0 Å². The molecule has 2 N–H and O–H groups in total. The summed E-state index contributed by atoms with van der Waals surface area (Å²) in [6.07, 6.45) is 10.2. The molecule has 286 valence electrons. The lowest BCUT2D eigenvalue weighted by Crippen LogP contribution is -2.49. The number of aliphatic hydroxyl groups excluding tert-OH is 1. The van der Waals surface area contributed by atoms with E-state index >= 15 is 0 Å². The fraction of sp³-hybridized carbons (Fsp3) is 0.676. The average Bonchev–Trinajstić information content (AvgIpc) is 3.75. The minimum Gasteiger partial charge on any atom is -0.390 e. The van der Waals surface area contributed by atoms with Crippen LogP contribution in [0.2, 0.25) is 0 Å². The molecule has 1 aromatic carbocycles. The first-order chi connectivity index (χ1) is 25.7. The Bertz CT molecular complexity index is 2050. The number of benzene rings is 1. The van der Waals surface area contributed by atoms with Crippen molar-refractivity contribution in [1.29, 1.82) is 0 Å². The van der Waals surface area contributed by atoms with Crippen molar-refractivity contribution in [3.63, 3.8) is 0 Å². The van der Waals surface area contributed by atoms with Crippen LogP contribution in [0, 0.1) is 13.8 Å². The number of ether oxygens (including phenoxy) is 2. The third-order valence-electron chi connectivity index (χ3n) is 11.7. The molecule has 10 rings (SSSR count). The van der Waals surface area contributed by atoms with Crippen LogP contribution in [-0.2, 0) is 68.1 Å². The Morgan fingerprint density at radius 1 is 0.849 bits per heavy atom. The summed E-state index contributed by atoms with van der Waals surface area (Å²) in [4.78, 5) is 37.3. The van der Waals surface area contributed by atoms with Crippen molar-refractivity contribution >= 4 is 0 Å². The maximum atomic E-state index is 12.4. The number of aromatic nitrogens is 9.